The molecule has 1 N–H and O–H groups in total. The third kappa shape index (κ3) is 3.70. The van der Waals surface area contributed by atoms with E-state index in [2.05, 4.69) is 25.2 Å². The number of anilines is 3. The van der Waals surface area contributed by atoms with Crippen LogP contribution in [0.3, 0.4) is 0 Å². The van der Waals surface area contributed by atoms with Crippen LogP contribution in [-0.2, 0) is 6.54 Å². The minimum Gasteiger partial charge on any atom is -0.467 e. The van der Waals surface area contributed by atoms with Crippen LogP contribution < -0.4 is 15.1 Å². The molecule has 0 saturated carbocycles. The quantitative estimate of drug-likeness (QED) is 0.507. The van der Waals surface area contributed by atoms with Crippen molar-refractivity contribution in [2.45, 2.75) is 6.54 Å². The van der Waals surface area contributed by atoms with Gasteiger partial charge in [0, 0.05) is 32.4 Å². The summed E-state index contributed by atoms with van der Waals surface area (Å²) in [4.78, 5) is 28.0. The Kier molecular flexibility index (Phi) is 5.00. The Morgan fingerprint density at radius 1 is 1.07 bits per heavy atom. The summed E-state index contributed by atoms with van der Waals surface area (Å²) in [6, 6.07) is 9.33. The highest BCUT2D eigenvalue weighted by molar-refractivity contribution is 5.70. The summed E-state index contributed by atoms with van der Waals surface area (Å²) in [6.45, 7) is 2.91. The number of nitrogens with one attached hydrogen (secondary N) is 1. The number of hydrogen-bond donors (Lipinski definition) is 1. The van der Waals surface area contributed by atoms with Crippen molar-refractivity contribution < 1.29 is 9.34 Å². The standard InChI is InChI=1S/C18H19N7O3/c26-25(27)16-17(20-12-14-4-3-11-28-14)21-13-22-18(16)24-9-7-23(8-10-24)15-5-1-2-6-19-15/h1-6,11,13H,7-10,12H2,(H,20,21,22). The molecule has 0 unspecified atom stereocenters. The molecule has 4 heterocycles. The van der Waals surface area contributed by atoms with Gasteiger partial charge in [0.1, 0.15) is 17.9 Å². The first-order valence-corrected chi connectivity index (χ1v) is 8.89. The van der Waals surface area contributed by atoms with Crippen LogP contribution in [0.15, 0.2) is 53.5 Å². The Morgan fingerprint density at radius 2 is 1.89 bits per heavy atom. The summed E-state index contributed by atoms with van der Waals surface area (Å²) in [5.74, 6) is 2.07. The Labute approximate surface area is 161 Å². The lowest BCUT2D eigenvalue weighted by Crippen LogP contribution is -2.47. The van der Waals surface area contributed by atoms with Gasteiger partial charge in [-0.15, -0.1) is 0 Å². The lowest BCUT2D eigenvalue weighted by molar-refractivity contribution is -0.383. The third-order valence-corrected chi connectivity index (χ3v) is 4.55. The minimum absolute atomic E-state index is 0.125. The first-order chi connectivity index (χ1) is 13.7. The van der Waals surface area contributed by atoms with Crippen LogP contribution in [0.25, 0.3) is 0 Å². The van der Waals surface area contributed by atoms with Crippen LogP contribution in [0.1, 0.15) is 5.76 Å². The van der Waals surface area contributed by atoms with Crippen molar-refractivity contribution >= 4 is 23.1 Å². The maximum Gasteiger partial charge on any atom is 0.353 e. The van der Waals surface area contributed by atoms with Gasteiger partial charge in [0.05, 0.1) is 17.7 Å². The number of nitrogens with zero attached hydrogens (tertiary/aromatic N) is 6. The summed E-state index contributed by atoms with van der Waals surface area (Å²) >= 11 is 0. The average molecular weight is 381 g/mol. The van der Waals surface area contributed by atoms with E-state index in [4.69, 9.17) is 4.42 Å². The van der Waals surface area contributed by atoms with E-state index < -0.39 is 4.92 Å². The van der Waals surface area contributed by atoms with Gasteiger partial charge in [0.2, 0.25) is 11.6 Å². The van der Waals surface area contributed by atoms with Crippen LogP contribution in [0.5, 0.6) is 0 Å². The van der Waals surface area contributed by atoms with Gasteiger partial charge in [-0.05, 0) is 24.3 Å². The number of piperazine rings is 1. The van der Waals surface area contributed by atoms with Crippen molar-refractivity contribution in [1.29, 1.82) is 0 Å². The van der Waals surface area contributed by atoms with Crippen molar-refractivity contribution in [3.63, 3.8) is 0 Å². The van der Waals surface area contributed by atoms with Gasteiger partial charge in [-0.3, -0.25) is 10.1 Å². The van der Waals surface area contributed by atoms with Crippen molar-refractivity contribution in [2.24, 2.45) is 0 Å². The molecule has 3 aromatic rings. The van der Waals surface area contributed by atoms with Crippen LogP contribution in [-0.4, -0.2) is 46.1 Å². The highest BCUT2D eigenvalue weighted by Gasteiger charge is 2.29. The normalized spacial score (nSPS) is 14.1. The number of rotatable bonds is 6. The molecular formula is C18H19N7O3. The zero-order valence-electron chi connectivity index (χ0n) is 15.1. The summed E-state index contributed by atoms with van der Waals surface area (Å²) in [6.07, 6.45) is 4.66. The second-order valence-corrected chi connectivity index (χ2v) is 6.25. The van der Waals surface area contributed by atoms with Gasteiger partial charge in [-0.25, -0.2) is 15.0 Å². The first kappa shape index (κ1) is 17.7. The minimum atomic E-state index is -0.440. The lowest BCUT2D eigenvalue weighted by Gasteiger charge is -2.35. The number of nitro groups is 1. The Morgan fingerprint density at radius 3 is 2.57 bits per heavy atom. The number of pyridine rings is 1. The van der Waals surface area contributed by atoms with E-state index in [1.807, 2.05) is 23.1 Å². The van der Waals surface area contributed by atoms with Crippen molar-refractivity contribution in [1.82, 2.24) is 15.0 Å². The predicted molar refractivity (Wildman–Crippen MR) is 103 cm³/mol. The molecule has 0 spiro atoms. The molecule has 1 aliphatic rings. The Balaban J connectivity index is 1.51. The van der Waals surface area contributed by atoms with Gasteiger partial charge in [0.25, 0.3) is 0 Å². The van der Waals surface area contributed by atoms with Crippen LogP contribution in [0.4, 0.5) is 23.1 Å². The fourth-order valence-electron chi connectivity index (χ4n) is 3.17. The molecular weight excluding hydrogens is 362 g/mol. The third-order valence-electron chi connectivity index (χ3n) is 4.55. The Hall–Kier alpha value is -3.69. The summed E-state index contributed by atoms with van der Waals surface area (Å²) < 4.78 is 5.26. The molecule has 10 heteroatoms. The van der Waals surface area contributed by atoms with E-state index in [1.54, 1.807) is 24.6 Å². The van der Waals surface area contributed by atoms with Crippen LogP contribution >= 0.6 is 0 Å². The molecule has 0 aliphatic carbocycles. The van der Waals surface area contributed by atoms with Gasteiger partial charge in [-0.2, -0.15) is 0 Å². The highest BCUT2D eigenvalue weighted by Crippen LogP contribution is 2.32. The second-order valence-electron chi connectivity index (χ2n) is 6.25. The molecule has 3 aromatic heterocycles. The second kappa shape index (κ2) is 7.91. The summed E-state index contributed by atoms with van der Waals surface area (Å²) in [5.41, 5.74) is -0.125. The molecule has 1 aliphatic heterocycles. The summed E-state index contributed by atoms with van der Waals surface area (Å²) in [7, 11) is 0. The van der Waals surface area contributed by atoms with Crippen LogP contribution in [0.2, 0.25) is 0 Å². The first-order valence-electron chi connectivity index (χ1n) is 8.89. The molecule has 0 atom stereocenters. The SMILES string of the molecule is O=[N+]([O-])c1c(NCc2ccco2)ncnc1N1CCN(c2ccccn2)CC1. The van der Waals surface area contributed by atoms with E-state index in [1.165, 1.54) is 6.33 Å². The van der Waals surface area contributed by atoms with Crippen molar-refractivity contribution in [3.05, 3.63) is 65.0 Å². The number of aromatic nitrogens is 3. The van der Waals surface area contributed by atoms with Gasteiger partial charge < -0.3 is 19.5 Å². The van der Waals surface area contributed by atoms with Crippen molar-refractivity contribution in [3.8, 4) is 0 Å². The van der Waals surface area contributed by atoms with E-state index in [9.17, 15) is 10.1 Å². The molecule has 0 bridgehead atoms. The van der Waals surface area contributed by atoms with E-state index >= 15 is 0 Å². The molecule has 144 valence electrons. The van der Waals surface area contributed by atoms with Crippen molar-refractivity contribution in [2.75, 3.05) is 41.3 Å². The lowest BCUT2D eigenvalue weighted by atomic mass is 10.2. The maximum atomic E-state index is 11.7. The zero-order chi connectivity index (χ0) is 19.3. The monoisotopic (exact) mass is 381 g/mol. The predicted octanol–water partition coefficient (Wildman–Crippen LogP) is 2.31. The zero-order valence-corrected chi connectivity index (χ0v) is 15.1. The Bertz CT molecular complexity index is 926. The van der Waals surface area contributed by atoms with Gasteiger partial charge >= 0.3 is 5.69 Å². The van der Waals surface area contributed by atoms with Gasteiger partial charge in [-0.1, -0.05) is 6.07 Å². The van der Waals surface area contributed by atoms with Crippen LogP contribution in [0, 0.1) is 10.1 Å². The van der Waals surface area contributed by atoms with E-state index in [0.29, 0.717) is 44.3 Å². The topological polar surface area (TPSA) is 113 Å². The fourth-order valence-corrected chi connectivity index (χ4v) is 3.17. The molecule has 0 aromatic carbocycles. The molecule has 1 fully saturated rings. The fraction of sp³-hybridized carbons (Fsp3) is 0.278. The molecule has 4 rings (SSSR count). The molecule has 1 saturated heterocycles. The molecule has 10 nitrogen and oxygen atoms in total. The molecule has 0 radical (unpaired) electrons. The molecule has 0 amide bonds. The number of furan rings is 1. The average Bonchev–Trinajstić information content (AvgIpc) is 3.26. The number of hydrogen-bond acceptors (Lipinski definition) is 9. The smallest absolute Gasteiger partial charge is 0.353 e. The van der Waals surface area contributed by atoms with E-state index in [0.717, 1.165) is 5.82 Å². The maximum absolute atomic E-state index is 11.7. The molecule has 28 heavy (non-hydrogen) atoms. The van der Waals surface area contributed by atoms with Gasteiger partial charge in [0.15, 0.2) is 0 Å². The highest BCUT2D eigenvalue weighted by atomic mass is 16.6. The summed E-state index contributed by atoms with van der Waals surface area (Å²) in [5, 5.41) is 14.7. The largest absolute Gasteiger partial charge is 0.467 e. The van der Waals surface area contributed by atoms with E-state index in [-0.39, 0.29) is 11.5 Å².